The van der Waals surface area contributed by atoms with Crippen molar-refractivity contribution in [3.63, 3.8) is 0 Å². The van der Waals surface area contributed by atoms with E-state index in [4.69, 9.17) is 9.47 Å². The Morgan fingerprint density at radius 2 is 1.83 bits per heavy atom. The monoisotopic (exact) mass is 640 g/mol. The molecule has 2 aliphatic rings. The number of likely N-dealkylation sites (tertiary alicyclic amines) is 1. The molecule has 1 saturated heterocycles. The minimum absolute atomic E-state index is 0.0496. The molecule has 6 rings (SSSR count). The summed E-state index contributed by atoms with van der Waals surface area (Å²) in [6, 6.07) is 7.32. The van der Waals surface area contributed by atoms with Crippen LogP contribution in [0.4, 0.5) is 22.4 Å². The Kier molecular flexibility index (Phi) is 7.64. The average Bonchev–Trinajstić information content (AvgIpc) is 3.58. The predicted octanol–water partition coefficient (Wildman–Crippen LogP) is 6.34. The van der Waals surface area contributed by atoms with E-state index in [9.17, 15) is 27.6 Å². The van der Waals surface area contributed by atoms with Crippen molar-refractivity contribution in [2.24, 2.45) is 5.41 Å². The summed E-state index contributed by atoms with van der Waals surface area (Å²) in [5.74, 6) is -0.771. The highest BCUT2D eigenvalue weighted by Crippen LogP contribution is 2.65. The van der Waals surface area contributed by atoms with Crippen LogP contribution in [0.15, 0.2) is 36.7 Å². The zero-order valence-corrected chi connectivity index (χ0v) is 25.7. The second kappa shape index (κ2) is 11.3. The van der Waals surface area contributed by atoms with Gasteiger partial charge >= 0.3 is 12.3 Å². The first-order valence-corrected chi connectivity index (χ1v) is 14.9. The van der Waals surface area contributed by atoms with Crippen molar-refractivity contribution in [3.8, 4) is 23.2 Å². The van der Waals surface area contributed by atoms with Gasteiger partial charge in [-0.1, -0.05) is 5.21 Å². The molecule has 46 heavy (non-hydrogen) atoms. The maximum absolute atomic E-state index is 14.4. The summed E-state index contributed by atoms with van der Waals surface area (Å²) < 4.78 is 71.8. The predicted molar refractivity (Wildman–Crippen MR) is 155 cm³/mol. The van der Waals surface area contributed by atoms with Gasteiger partial charge in [-0.25, -0.2) is 18.9 Å². The van der Waals surface area contributed by atoms with E-state index >= 15 is 0 Å². The smallest absolute Gasteiger partial charge is 0.410 e. The molecule has 1 unspecified atom stereocenters. The number of ether oxygens (including phenoxy) is 2. The summed E-state index contributed by atoms with van der Waals surface area (Å²) in [5, 5.41) is 18.6. The van der Waals surface area contributed by atoms with Crippen LogP contribution in [0.5, 0.6) is 5.88 Å². The van der Waals surface area contributed by atoms with Gasteiger partial charge < -0.3 is 14.4 Å². The average molecular weight is 641 g/mol. The molecule has 0 spiro atoms. The highest BCUT2D eigenvalue weighted by atomic mass is 19.4. The van der Waals surface area contributed by atoms with Crippen LogP contribution in [0.2, 0.25) is 0 Å². The lowest BCUT2D eigenvalue weighted by molar-refractivity contribution is -0.212. The Morgan fingerprint density at radius 1 is 1.11 bits per heavy atom. The first-order chi connectivity index (χ1) is 21.7. The quantitative estimate of drug-likeness (QED) is 0.224. The minimum atomic E-state index is -4.63. The Balaban J connectivity index is 1.34. The van der Waals surface area contributed by atoms with Crippen molar-refractivity contribution in [2.75, 3.05) is 13.1 Å². The van der Waals surface area contributed by atoms with Gasteiger partial charge in [0.25, 0.3) is 0 Å². The van der Waals surface area contributed by atoms with E-state index in [-0.39, 0.29) is 47.9 Å². The molecule has 5 heterocycles. The molecule has 0 aromatic carbocycles. The third kappa shape index (κ3) is 5.72. The van der Waals surface area contributed by atoms with Crippen LogP contribution in [-0.2, 0) is 4.74 Å². The number of pyridine rings is 2. The fraction of sp³-hybridized carbons (Fsp3) is 0.484. The van der Waals surface area contributed by atoms with Gasteiger partial charge in [-0.15, -0.1) is 5.10 Å². The van der Waals surface area contributed by atoms with E-state index in [2.05, 4.69) is 20.3 Å². The number of piperidine rings is 1. The summed E-state index contributed by atoms with van der Waals surface area (Å²) in [4.78, 5) is 22.4. The number of rotatable bonds is 6. The van der Waals surface area contributed by atoms with Gasteiger partial charge in [-0.2, -0.15) is 18.4 Å². The van der Waals surface area contributed by atoms with Crippen molar-refractivity contribution >= 4 is 11.7 Å². The number of carbonyl (C=O) groups is 1. The van der Waals surface area contributed by atoms with Crippen LogP contribution < -0.4 is 4.74 Å². The molecule has 0 N–H and O–H groups in total. The second-order valence-electron chi connectivity index (χ2n) is 12.8. The molecule has 1 atom stereocenters. The number of carbonyl (C=O) groups excluding carboxylic acids is 1. The van der Waals surface area contributed by atoms with E-state index in [0.29, 0.717) is 42.9 Å². The van der Waals surface area contributed by atoms with Crippen molar-refractivity contribution in [1.29, 1.82) is 5.26 Å². The largest absolute Gasteiger partial charge is 0.468 e. The molecule has 1 aliphatic heterocycles. The Labute approximate surface area is 261 Å². The molecule has 1 aliphatic carbocycles. The zero-order chi connectivity index (χ0) is 33.0. The molecule has 4 aromatic rings. The van der Waals surface area contributed by atoms with E-state index < -0.39 is 29.1 Å². The van der Waals surface area contributed by atoms with E-state index in [1.54, 1.807) is 15.6 Å². The number of imidazole rings is 1. The highest BCUT2D eigenvalue weighted by Gasteiger charge is 2.69. The lowest BCUT2D eigenvalue weighted by Crippen LogP contribution is -2.42. The molecule has 0 radical (unpaired) electrons. The van der Waals surface area contributed by atoms with Crippen LogP contribution in [0.1, 0.15) is 75.7 Å². The van der Waals surface area contributed by atoms with Gasteiger partial charge in [0, 0.05) is 24.7 Å². The maximum Gasteiger partial charge on any atom is 0.410 e. The number of fused-ring (bicyclic) bond motifs is 1. The number of nitrogens with zero attached hydrogens (tertiary/aromatic N) is 8. The Bertz CT molecular complexity index is 1810. The summed E-state index contributed by atoms with van der Waals surface area (Å²) in [5.41, 5.74) is -0.994. The number of aromatic nitrogens is 6. The number of nitriles is 1. The van der Waals surface area contributed by atoms with Gasteiger partial charge in [0.1, 0.15) is 39.9 Å². The second-order valence-corrected chi connectivity index (χ2v) is 12.8. The third-order valence-corrected chi connectivity index (χ3v) is 8.46. The molecule has 15 heteroatoms. The molecule has 11 nitrogen and oxygen atoms in total. The van der Waals surface area contributed by atoms with Crippen molar-refractivity contribution in [1.82, 2.24) is 34.3 Å². The van der Waals surface area contributed by atoms with Crippen LogP contribution in [0.3, 0.4) is 0 Å². The SMILES string of the molecule is Cc1c(-c2cc(OC(c3ccc(F)cn3)C3(C(F)(F)F)CC3)n3c(C#N)cnc3c2)nnn1C1CCN(C(=O)OC(C)(C)C)CC1. The van der Waals surface area contributed by atoms with E-state index in [1.807, 2.05) is 33.8 Å². The van der Waals surface area contributed by atoms with Gasteiger partial charge in [0.15, 0.2) is 6.10 Å². The number of halogens is 4. The lowest BCUT2D eigenvalue weighted by Gasteiger charge is -2.33. The fourth-order valence-electron chi connectivity index (χ4n) is 5.90. The normalized spacial score (nSPS) is 17.5. The molecular weight excluding hydrogens is 608 g/mol. The van der Waals surface area contributed by atoms with Gasteiger partial charge in [0.05, 0.1) is 29.8 Å². The van der Waals surface area contributed by atoms with Crippen molar-refractivity contribution in [3.05, 3.63) is 59.6 Å². The van der Waals surface area contributed by atoms with Gasteiger partial charge in [-0.05, 0) is 71.6 Å². The van der Waals surface area contributed by atoms with Crippen LogP contribution in [-0.4, -0.2) is 65.2 Å². The van der Waals surface area contributed by atoms with Gasteiger partial charge in [-0.3, -0.25) is 9.38 Å². The summed E-state index contributed by atoms with van der Waals surface area (Å²) >= 11 is 0. The van der Waals surface area contributed by atoms with Crippen LogP contribution in [0.25, 0.3) is 16.9 Å². The number of hydrogen-bond acceptors (Lipinski definition) is 8. The zero-order valence-electron chi connectivity index (χ0n) is 25.7. The minimum Gasteiger partial charge on any atom is -0.468 e. The third-order valence-electron chi connectivity index (χ3n) is 8.46. The number of hydrogen-bond donors (Lipinski definition) is 0. The summed E-state index contributed by atoms with van der Waals surface area (Å²) in [6.45, 7) is 8.23. The van der Waals surface area contributed by atoms with Crippen LogP contribution >= 0.6 is 0 Å². The topological polar surface area (TPSA) is 123 Å². The Hall–Kier alpha value is -4.74. The summed E-state index contributed by atoms with van der Waals surface area (Å²) in [7, 11) is 0. The van der Waals surface area contributed by atoms with Gasteiger partial charge in [0.2, 0.25) is 5.88 Å². The molecule has 242 valence electrons. The maximum atomic E-state index is 14.4. The summed E-state index contributed by atoms with van der Waals surface area (Å²) in [6.07, 6.45) is -3.62. The fourth-order valence-corrected chi connectivity index (χ4v) is 5.90. The first kappa shape index (κ1) is 31.3. The molecule has 0 bridgehead atoms. The first-order valence-electron chi connectivity index (χ1n) is 14.9. The lowest BCUT2D eigenvalue weighted by atomic mass is 9.95. The van der Waals surface area contributed by atoms with Crippen molar-refractivity contribution in [2.45, 2.75) is 77.3 Å². The van der Waals surface area contributed by atoms with E-state index in [1.165, 1.54) is 22.7 Å². The molecule has 1 amide bonds. The highest BCUT2D eigenvalue weighted by molar-refractivity contribution is 5.69. The van der Waals surface area contributed by atoms with Crippen LogP contribution in [0, 0.1) is 29.5 Å². The Morgan fingerprint density at radius 3 is 2.41 bits per heavy atom. The molecular formula is C31H32F4N8O3. The molecule has 4 aromatic heterocycles. The number of alkyl halides is 3. The number of amides is 1. The van der Waals surface area contributed by atoms with E-state index in [0.717, 1.165) is 12.3 Å². The van der Waals surface area contributed by atoms with Crippen molar-refractivity contribution < 1.29 is 31.8 Å². The molecule has 2 fully saturated rings. The standard InChI is InChI=1S/C31H32F4N8O3/c1-18-26(39-40-43(18)21-7-11-41(12-8-21)28(44)46-29(2,3)4)19-13-24-38-17-22(15-36)42(24)25(14-19)45-27(23-6-5-20(32)16-37-23)30(9-10-30)31(33,34)35/h5-6,13-14,16-17,21,27H,7-12H2,1-4H3. The molecule has 1 saturated carbocycles.